The highest BCUT2D eigenvalue weighted by molar-refractivity contribution is 5.81. The third-order valence-electron chi connectivity index (χ3n) is 2.92. The molecule has 0 aliphatic rings. The summed E-state index contributed by atoms with van der Waals surface area (Å²) in [4.78, 5) is 25.0. The van der Waals surface area contributed by atoms with Gasteiger partial charge in [-0.05, 0) is 17.7 Å². The summed E-state index contributed by atoms with van der Waals surface area (Å²) in [5, 5.41) is 7.16. The number of nitrogens with one attached hydrogen (secondary N) is 1. The third-order valence-corrected chi connectivity index (χ3v) is 2.92. The van der Waals surface area contributed by atoms with Gasteiger partial charge in [0, 0.05) is 0 Å². The summed E-state index contributed by atoms with van der Waals surface area (Å²) in [6.07, 6.45) is 1.52. The molecule has 0 spiro atoms. The maximum absolute atomic E-state index is 12.2. The Morgan fingerprint density at radius 2 is 1.55 bits per heavy atom. The van der Waals surface area contributed by atoms with Gasteiger partial charge in [-0.3, -0.25) is 9.59 Å². The largest absolute Gasteiger partial charge is 0.294 e. The molecule has 0 aliphatic carbocycles. The number of benzene rings is 2. The summed E-state index contributed by atoms with van der Waals surface area (Å²) in [6, 6.07) is 16.0. The molecule has 3 aromatic rings. The lowest BCUT2D eigenvalue weighted by Gasteiger charge is -2.00. The van der Waals surface area contributed by atoms with Crippen molar-refractivity contribution in [2.45, 2.75) is 0 Å². The van der Waals surface area contributed by atoms with Crippen molar-refractivity contribution in [2.24, 2.45) is 5.10 Å². The van der Waals surface area contributed by atoms with Crippen LogP contribution in [0.3, 0.4) is 0 Å². The SMILES string of the molecule is O=c1[nH]n(/N=C/c2ccccc2)c(=O)c2ccccc12. The van der Waals surface area contributed by atoms with Crippen LogP contribution >= 0.6 is 0 Å². The van der Waals surface area contributed by atoms with Crippen LogP contribution < -0.4 is 11.1 Å². The predicted molar refractivity (Wildman–Crippen MR) is 78.3 cm³/mol. The van der Waals surface area contributed by atoms with E-state index < -0.39 is 0 Å². The number of nitrogens with zero attached hydrogens (tertiary/aromatic N) is 2. The molecule has 0 radical (unpaired) electrons. The maximum atomic E-state index is 12.2. The monoisotopic (exact) mass is 265 g/mol. The molecule has 1 N–H and O–H groups in total. The number of hydrogen-bond donors (Lipinski definition) is 1. The van der Waals surface area contributed by atoms with Crippen LogP contribution in [0.4, 0.5) is 0 Å². The van der Waals surface area contributed by atoms with E-state index in [1.807, 2.05) is 30.3 Å². The average Bonchev–Trinajstić information content (AvgIpc) is 2.50. The minimum absolute atomic E-state index is 0.342. The van der Waals surface area contributed by atoms with Crippen molar-refractivity contribution >= 4 is 17.0 Å². The molecule has 98 valence electrons. The number of aromatic amines is 1. The van der Waals surface area contributed by atoms with Crippen LogP contribution in [0.25, 0.3) is 10.8 Å². The zero-order valence-electron chi connectivity index (χ0n) is 10.5. The predicted octanol–water partition coefficient (Wildman–Crippen LogP) is 1.57. The molecule has 0 saturated heterocycles. The fourth-order valence-corrected chi connectivity index (χ4v) is 1.93. The highest BCUT2D eigenvalue weighted by Gasteiger charge is 2.04. The topological polar surface area (TPSA) is 67.2 Å². The lowest BCUT2D eigenvalue weighted by atomic mass is 10.2. The molecular formula is C15H11N3O2. The van der Waals surface area contributed by atoms with Gasteiger partial charge < -0.3 is 0 Å². The Morgan fingerprint density at radius 3 is 2.30 bits per heavy atom. The minimum atomic E-state index is -0.354. The molecule has 0 atom stereocenters. The van der Waals surface area contributed by atoms with E-state index in [1.54, 1.807) is 24.3 Å². The lowest BCUT2D eigenvalue weighted by molar-refractivity contribution is 0.685. The molecule has 0 aliphatic heterocycles. The summed E-state index contributed by atoms with van der Waals surface area (Å²) in [5.74, 6) is 0. The van der Waals surface area contributed by atoms with Gasteiger partial charge in [-0.15, -0.1) is 4.79 Å². The van der Waals surface area contributed by atoms with E-state index in [-0.39, 0.29) is 11.1 Å². The van der Waals surface area contributed by atoms with Gasteiger partial charge >= 0.3 is 0 Å². The van der Waals surface area contributed by atoms with E-state index in [2.05, 4.69) is 10.2 Å². The van der Waals surface area contributed by atoms with Gasteiger partial charge in [0.05, 0.1) is 17.0 Å². The number of hydrogen-bond acceptors (Lipinski definition) is 3. The first kappa shape index (κ1) is 12.1. The highest BCUT2D eigenvalue weighted by atomic mass is 16.2. The van der Waals surface area contributed by atoms with Gasteiger partial charge in [0.25, 0.3) is 11.1 Å². The smallest absolute Gasteiger partial charge is 0.267 e. The van der Waals surface area contributed by atoms with Crippen molar-refractivity contribution in [3.05, 3.63) is 80.9 Å². The quantitative estimate of drug-likeness (QED) is 0.715. The van der Waals surface area contributed by atoms with Crippen LogP contribution in [0.1, 0.15) is 5.56 Å². The number of H-pyrrole nitrogens is 1. The summed E-state index contributed by atoms with van der Waals surface area (Å²) in [5.41, 5.74) is 0.145. The van der Waals surface area contributed by atoms with E-state index in [4.69, 9.17) is 0 Å². The van der Waals surface area contributed by atoms with Gasteiger partial charge in [0.15, 0.2) is 0 Å². The Morgan fingerprint density at radius 1 is 0.900 bits per heavy atom. The van der Waals surface area contributed by atoms with E-state index in [1.165, 1.54) is 6.21 Å². The Hall–Kier alpha value is -2.95. The Labute approximate surface area is 113 Å². The van der Waals surface area contributed by atoms with Gasteiger partial charge in [-0.1, -0.05) is 42.5 Å². The maximum Gasteiger partial charge on any atom is 0.294 e. The highest BCUT2D eigenvalue weighted by Crippen LogP contribution is 2.02. The zero-order chi connectivity index (χ0) is 13.9. The van der Waals surface area contributed by atoms with E-state index in [9.17, 15) is 9.59 Å². The molecule has 5 heteroatoms. The van der Waals surface area contributed by atoms with Crippen molar-refractivity contribution in [1.82, 2.24) is 9.89 Å². The second kappa shape index (κ2) is 4.97. The fourth-order valence-electron chi connectivity index (χ4n) is 1.93. The normalized spacial score (nSPS) is 11.2. The molecule has 0 unspecified atom stereocenters. The summed E-state index contributed by atoms with van der Waals surface area (Å²) < 4.78 is 0. The van der Waals surface area contributed by atoms with E-state index >= 15 is 0 Å². The lowest BCUT2D eigenvalue weighted by Crippen LogP contribution is -2.27. The molecule has 0 bridgehead atoms. The number of aromatic nitrogens is 2. The molecule has 3 rings (SSSR count). The molecule has 1 aromatic heterocycles. The summed E-state index contributed by atoms with van der Waals surface area (Å²) in [7, 11) is 0. The molecule has 0 saturated carbocycles. The van der Waals surface area contributed by atoms with Crippen molar-refractivity contribution < 1.29 is 0 Å². The molecule has 1 heterocycles. The van der Waals surface area contributed by atoms with Crippen LogP contribution in [-0.2, 0) is 0 Å². The van der Waals surface area contributed by atoms with E-state index in [0.29, 0.717) is 10.8 Å². The molecule has 0 fully saturated rings. The van der Waals surface area contributed by atoms with Gasteiger partial charge in [0.2, 0.25) is 0 Å². The molecule has 20 heavy (non-hydrogen) atoms. The minimum Gasteiger partial charge on any atom is -0.267 e. The Kier molecular flexibility index (Phi) is 3.01. The first-order valence-electron chi connectivity index (χ1n) is 6.09. The Bertz CT molecular complexity index is 892. The van der Waals surface area contributed by atoms with Crippen molar-refractivity contribution in [1.29, 1.82) is 0 Å². The summed E-state index contributed by atoms with van der Waals surface area (Å²) in [6.45, 7) is 0. The standard InChI is InChI=1S/C15H11N3O2/c19-14-12-8-4-5-9-13(12)15(20)18(17-14)16-10-11-6-2-1-3-7-11/h1-10H,(H,17,19)/b16-10+. The van der Waals surface area contributed by atoms with Crippen molar-refractivity contribution in [3.63, 3.8) is 0 Å². The number of fused-ring (bicyclic) bond motifs is 1. The number of rotatable bonds is 2. The molecule has 2 aromatic carbocycles. The Balaban J connectivity index is 2.14. The molecular weight excluding hydrogens is 254 g/mol. The van der Waals surface area contributed by atoms with Crippen molar-refractivity contribution in [2.75, 3.05) is 0 Å². The molecule has 5 nitrogen and oxygen atoms in total. The van der Waals surface area contributed by atoms with Gasteiger partial charge in [-0.25, -0.2) is 5.10 Å². The second-order valence-electron chi connectivity index (χ2n) is 4.26. The zero-order valence-corrected chi connectivity index (χ0v) is 10.5. The van der Waals surface area contributed by atoms with Crippen LogP contribution in [0.2, 0.25) is 0 Å². The molecule has 0 amide bonds. The van der Waals surface area contributed by atoms with Gasteiger partial charge in [0.1, 0.15) is 0 Å². The third kappa shape index (κ3) is 2.16. The van der Waals surface area contributed by atoms with E-state index in [0.717, 1.165) is 10.4 Å². The summed E-state index contributed by atoms with van der Waals surface area (Å²) >= 11 is 0. The average molecular weight is 265 g/mol. The van der Waals surface area contributed by atoms with Crippen LogP contribution in [0.5, 0.6) is 0 Å². The van der Waals surface area contributed by atoms with Crippen LogP contribution in [0.15, 0.2) is 69.3 Å². The fraction of sp³-hybridized carbons (Fsp3) is 0. The van der Waals surface area contributed by atoms with Crippen molar-refractivity contribution in [3.8, 4) is 0 Å². The second-order valence-corrected chi connectivity index (χ2v) is 4.26. The first-order valence-corrected chi connectivity index (χ1v) is 6.09. The van der Waals surface area contributed by atoms with Crippen LogP contribution in [-0.4, -0.2) is 16.1 Å². The van der Waals surface area contributed by atoms with Gasteiger partial charge in [-0.2, -0.15) is 5.10 Å². The van der Waals surface area contributed by atoms with Crippen LogP contribution in [0, 0.1) is 0 Å². The first-order chi connectivity index (χ1) is 9.75.